The van der Waals surface area contributed by atoms with Crippen LogP contribution in [0.15, 0.2) is 119 Å². The molecular weight excluding hydrogens is 472 g/mol. The van der Waals surface area contributed by atoms with Gasteiger partial charge in [-0.1, -0.05) is 78.9 Å². The van der Waals surface area contributed by atoms with Crippen molar-refractivity contribution in [1.29, 1.82) is 0 Å². The van der Waals surface area contributed by atoms with Crippen LogP contribution in [0.2, 0.25) is 0 Å². The van der Waals surface area contributed by atoms with Crippen molar-refractivity contribution in [3.8, 4) is 0 Å². The van der Waals surface area contributed by atoms with Gasteiger partial charge in [0.15, 0.2) is 9.84 Å². The number of carbonyl (C=O) groups is 1. The van der Waals surface area contributed by atoms with E-state index in [9.17, 15) is 18.3 Å². The average Bonchev–Trinajstić information content (AvgIpc) is 2.91. The van der Waals surface area contributed by atoms with Crippen molar-refractivity contribution in [1.82, 2.24) is 0 Å². The van der Waals surface area contributed by atoms with Crippen LogP contribution in [0.4, 0.5) is 0 Å². The molecule has 0 saturated carbocycles. The van der Waals surface area contributed by atoms with Crippen LogP contribution < -0.4 is 0 Å². The van der Waals surface area contributed by atoms with Crippen LogP contribution in [0.3, 0.4) is 0 Å². The molecule has 0 fully saturated rings. The van der Waals surface area contributed by atoms with Gasteiger partial charge in [0.05, 0.1) is 22.8 Å². The van der Waals surface area contributed by atoms with Gasteiger partial charge in [-0.05, 0) is 66.5 Å². The third-order valence-electron chi connectivity index (χ3n) is 6.69. The second-order valence-electron chi connectivity index (χ2n) is 8.95. The van der Waals surface area contributed by atoms with Gasteiger partial charge in [0, 0.05) is 0 Å². The van der Waals surface area contributed by atoms with E-state index in [1.165, 1.54) is 13.2 Å². The van der Waals surface area contributed by atoms with Gasteiger partial charge in [0.1, 0.15) is 5.76 Å². The topological polar surface area (TPSA) is 80.7 Å². The Kier molecular flexibility index (Phi) is 8.06. The summed E-state index contributed by atoms with van der Waals surface area (Å²) in [6.45, 7) is 0. The van der Waals surface area contributed by atoms with Crippen LogP contribution in [0, 0.1) is 0 Å². The predicted molar refractivity (Wildman–Crippen MR) is 140 cm³/mol. The Hall–Kier alpha value is -3.64. The first-order chi connectivity index (χ1) is 17.4. The van der Waals surface area contributed by atoms with Crippen LogP contribution in [-0.2, 0) is 25.8 Å². The smallest absolute Gasteiger partial charge is 0.337 e. The van der Waals surface area contributed by atoms with Crippen molar-refractivity contribution in [2.24, 2.45) is 0 Å². The maximum absolute atomic E-state index is 14.0. The molecular formula is C30H30O5S. The number of ether oxygens (including phenoxy) is 1. The van der Waals surface area contributed by atoms with Gasteiger partial charge >= 0.3 is 5.97 Å². The number of carbonyl (C=O) groups excluding carboxylic acids is 1. The van der Waals surface area contributed by atoms with Crippen LogP contribution in [0.25, 0.3) is 0 Å². The third-order valence-corrected chi connectivity index (χ3v) is 8.86. The maximum atomic E-state index is 14.0. The highest BCUT2D eigenvalue weighted by Crippen LogP contribution is 2.39. The molecule has 0 unspecified atom stereocenters. The molecule has 36 heavy (non-hydrogen) atoms. The van der Waals surface area contributed by atoms with Crippen LogP contribution in [-0.4, -0.2) is 31.9 Å². The number of aryl methyl sites for hydroxylation is 1. The Balaban J connectivity index is 1.85. The maximum Gasteiger partial charge on any atom is 0.337 e. The number of allylic oxidation sites excluding steroid dienone is 1. The Bertz CT molecular complexity index is 1340. The molecule has 0 aliphatic heterocycles. The molecule has 1 N–H and O–H groups in total. The second-order valence-corrected chi connectivity index (χ2v) is 11.1. The van der Waals surface area contributed by atoms with Crippen molar-refractivity contribution >= 4 is 15.8 Å². The Morgan fingerprint density at radius 3 is 2.08 bits per heavy atom. The van der Waals surface area contributed by atoms with E-state index >= 15 is 0 Å². The lowest BCUT2D eigenvalue weighted by molar-refractivity contribution is -0.136. The minimum Gasteiger partial charge on any atom is -0.507 e. The number of methoxy groups -OCH3 is 1. The zero-order valence-corrected chi connectivity index (χ0v) is 21.0. The zero-order chi connectivity index (χ0) is 25.5. The molecule has 0 aromatic heterocycles. The summed E-state index contributed by atoms with van der Waals surface area (Å²) < 4.78 is 33.0. The number of rotatable bonds is 7. The monoisotopic (exact) mass is 502 g/mol. The average molecular weight is 503 g/mol. The summed E-state index contributed by atoms with van der Waals surface area (Å²) >= 11 is 0. The fourth-order valence-corrected chi connectivity index (χ4v) is 6.69. The molecule has 0 radical (unpaired) electrons. The van der Waals surface area contributed by atoms with Crippen molar-refractivity contribution in [2.45, 2.75) is 41.7 Å². The number of sulfone groups is 1. The number of aliphatic hydroxyl groups excluding tert-OH is 1. The fourth-order valence-electron chi connectivity index (χ4n) is 4.76. The Morgan fingerprint density at radius 1 is 0.889 bits per heavy atom. The summed E-state index contributed by atoms with van der Waals surface area (Å²) in [5.41, 5.74) is 2.69. The molecule has 4 rings (SSSR count). The number of aliphatic hydroxyl groups is 1. The van der Waals surface area contributed by atoms with E-state index in [0.717, 1.165) is 11.1 Å². The molecule has 5 nitrogen and oxygen atoms in total. The van der Waals surface area contributed by atoms with Gasteiger partial charge < -0.3 is 9.84 Å². The van der Waals surface area contributed by atoms with E-state index < -0.39 is 21.1 Å². The van der Waals surface area contributed by atoms with E-state index in [1.807, 2.05) is 60.7 Å². The molecule has 186 valence electrons. The van der Waals surface area contributed by atoms with Crippen molar-refractivity contribution in [2.75, 3.05) is 7.11 Å². The normalized spacial score (nSPS) is 22.1. The Labute approximate surface area is 212 Å². The lowest BCUT2D eigenvalue weighted by Crippen LogP contribution is -2.29. The molecule has 3 aromatic carbocycles. The van der Waals surface area contributed by atoms with E-state index in [1.54, 1.807) is 30.3 Å². The first-order valence-corrected chi connectivity index (χ1v) is 13.5. The first-order valence-electron chi connectivity index (χ1n) is 12.0. The molecule has 0 heterocycles. The van der Waals surface area contributed by atoms with Gasteiger partial charge in [-0.3, -0.25) is 0 Å². The van der Waals surface area contributed by atoms with Gasteiger partial charge in [0.25, 0.3) is 0 Å². The lowest BCUT2D eigenvalue weighted by atomic mass is 9.83. The number of hydrogen-bond acceptors (Lipinski definition) is 5. The lowest BCUT2D eigenvalue weighted by Gasteiger charge is -2.29. The zero-order valence-electron chi connectivity index (χ0n) is 20.2. The molecule has 2 atom stereocenters. The van der Waals surface area contributed by atoms with E-state index in [0.29, 0.717) is 18.4 Å². The molecule has 0 saturated heterocycles. The molecule has 6 heteroatoms. The van der Waals surface area contributed by atoms with Gasteiger partial charge in [0.2, 0.25) is 0 Å². The molecule has 3 aromatic rings. The van der Waals surface area contributed by atoms with Gasteiger partial charge in [-0.2, -0.15) is 0 Å². The summed E-state index contributed by atoms with van der Waals surface area (Å²) in [7, 11) is -2.50. The van der Waals surface area contributed by atoms with E-state index in [-0.39, 0.29) is 35.0 Å². The van der Waals surface area contributed by atoms with Crippen LogP contribution in [0.1, 0.15) is 36.3 Å². The first kappa shape index (κ1) is 25.5. The third kappa shape index (κ3) is 5.77. The van der Waals surface area contributed by atoms with Crippen molar-refractivity contribution in [3.63, 3.8) is 0 Å². The molecule has 0 spiro atoms. The summed E-state index contributed by atoms with van der Waals surface area (Å²) in [6, 6.07) is 27.8. The highest BCUT2D eigenvalue weighted by molar-refractivity contribution is 7.92. The van der Waals surface area contributed by atoms with Crippen molar-refractivity contribution < 1.29 is 23.1 Å². The van der Waals surface area contributed by atoms with Crippen molar-refractivity contribution in [3.05, 3.63) is 125 Å². The number of esters is 1. The highest BCUT2D eigenvalue weighted by atomic mass is 32.2. The summed E-state index contributed by atoms with van der Waals surface area (Å²) in [5, 5.41) is 10.2. The molecule has 0 amide bonds. The summed E-state index contributed by atoms with van der Waals surface area (Å²) in [4.78, 5) is 12.9. The molecule has 1 aliphatic carbocycles. The summed E-state index contributed by atoms with van der Waals surface area (Å²) in [6.07, 6.45) is 2.94. The molecule has 0 bridgehead atoms. The minimum atomic E-state index is -3.78. The minimum absolute atomic E-state index is 0.152. The van der Waals surface area contributed by atoms with Gasteiger partial charge in [-0.25, -0.2) is 13.2 Å². The number of benzene rings is 3. The second kappa shape index (κ2) is 11.4. The SMILES string of the molecule is COC(=O)/C1=C(O)/C=C(/CCc2ccccc2)[C@H](S(=O)(=O)c2ccccc2)C[C@@H](c2ccccc2)C1. The fraction of sp³-hybridized carbons (Fsp3) is 0.233. The predicted octanol–water partition coefficient (Wildman–Crippen LogP) is 5.95. The van der Waals surface area contributed by atoms with Crippen LogP contribution in [0.5, 0.6) is 0 Å². The van der Waals surface area contributed by atoms with Gasteiger partial charge in [-0.15, -0.1) is 0 Å². The Morgan fingerprint density at radius 2 is 1.47 bits per heavy atom. The molecule has 1 aliphatic rings. The van der Waals surface area contributed by atoms with E-state index in [4.69, 9.17) is 4.74 Å². The van der Waals surface area contributed by atoms with E-state index in [2.05, 4.69) is 0 Å². The largest absolute Gasteiger partial charge is 0.507 e. The quantitative estimate of drug-likeness (QED) is 0.404. The highest BCUT2D eigenvalue weighted by Gasteiger charge is 2.36. The number of hydrogen-bond donors (Lipinski definition) is 1. The summed E-state index contributed by atoms with van der Waals surface area (Å²) in [5.74, 6) is -1.17. The standard InChI is InChI=1S/C30H30O5S/c1-35-30(32)27-19-25(23-13-7-3-8-14-23)21-29(36(33,34)26-15-9-4-10-16-26)24(20-28(27)31)18-17-22-11-5-2-6-12-22/h2-16,20,25,29,31H,17-19,21H2,1H3/b24-20-,28-27-/t25-,29+/m0/s1. The van der Waals surface area contributed by atoms with Crippen LogP contribution >= 0.6 is 0 Å².